The summed E-state index contributed by atoms with van der Waals surface area (Å²) in [6, 6.07) is 1.30. The predicted octanol–water partition coefficient (Wildman–Crippen LogP) is 1.46. The number of aryl methyl sites for hydroxylation is 1. The van der Waals surface area contributed by atoms with Gasteiger partial charge in [-0.3, -0.25) is 4.79 Å². The van der Waals surface area contributed by atoms with Crippen LogP contribution >= 0.6 is 11.3 Å². The van der Waals surface area contributed by atoms with E-state index in [0.29, 0.717) is 0 Å². The molecule has 0 aliphatic carbocycles. The van der Waals surface area contributed by atoms with Crippen molar-refractivity contribution in [2.75, 3.05) is 5.43 Å². The van der Waals surface area contributed by atoms with Gasteiger partial charge in [0, 0.05) is 17.3 Å². The molecule has 2 heterocycles. The number of anilines is 1. The maximum absolute atomic E-state index is 13.8. The maximum Gasteiger partial charge on any atom is 0.254 e. The van der Waals surface area contributed by atoms with Crippen molar-refractivity contribution in [3.05, 3.63) is 39.7 Å². The van der Waals surface area contributed by atoms with E-state index in [9.17, 15) is 9.18 Å². The molecule has 0 aliphatic heterocycles. The van der Waals surface area contributed by atoms with Crippen LogP contribution in [0.5, 0.6) is 0 Å². The Kier molecular flexibility index (Phi) is 4.59. The van der Waals surface area contributed by atoms with E-state index in [1.807, 2.05) is 6.92 Å². The molecule has 0 spiro atoms. The molecule has 6 nitrogen and oxygen atoms in total. The number of nitrogens with zero attached hydrogens (tertiary/aromatic N) is 2. The van der Waals surface area contributed by atoms with Crippen LogP contribution in [-0.2, 0) is 13.0 Å². The van der Waals surface area contributed by atoms with Crippen molar-refractivity contribution >= 4 is 23.1 Å². The van der Waals surface area contributed by atoms with Gasteiger partial charge < -0.3 is 10.7 Å². The van der Waals surface area contributed by atoms with Gasteiger partial charge in [-0.2, -0.15) is 0 Å². The Morgan fingerprint density at radius 3 is 2.95 bits per heavy atom. The number of carbonyl (C=O) groups is 1. The van der Waals surface area contributed by atoms with E-state index in [4.69, 9.17) is 5.84 Å². The highest BCUT2D eigenvalue weighted by Crippen LogP contribution is 2.15. The average Bonchev–Trinajstić information content (AvgIpc) is 2.93. The smallest absolute Gasteiger partial charge is 0.254 e. The van der Waals surface area contributed by atoms with E-state index < -0.39 is 11.7 Å². The Morgan fingerprint density at radius 2 is 2.30 bits per heavy atom. The molecule has 2 aromatic heterocycles. The van der Waals surface area contributed by atoms with Crippen LogP contribution in [0.2, 0.25) is 0 Å². The summed E-state index contributed by atoms with van der Waals surface area (Å²) in [6.45, 7) is 2.29. The minimum absolute atomic E-state index is 0.111. The minimum Gasteiger partial charge on any atom is -0.345 e. The van der Waals surface area contributed by atoms with Crippen LogP contribution in [0.1, 0.15) is 27.2 Å². The molecule has 0 atom stereocenters. The summed E-state index contributed by atoms with van der Waals surface area (Å²) >= 11 is 1.52. The molecule has 0 aliphatic rings. The van der Waals surface area contributed by atoms with Crippen LogP contribution in [0, 0.1) is 5.82 Å². The number of aromatic nitrogens is 2. The lowest BCUT2D eigenvalue weighted by molar-refractivity contribution is 0.0947. The number of hydrogen-bond donors (Lipinski definition) is 3. The SMILES string of the molecule is CCc1cnc(CNC(=O)c2ccnc(NN)c2F)s1. The van der Waals surface area contributed by atoms with Gasteiger partial charge in [0.15, 0.2) is 11.6 Å². The van der Waals surface area contributed by atoms with E-state index in [2.05, 4.69) is 20.7 Å². The molecular weight excluding hydrogens is 281 g/mol. The molecule has 0 aromatic carbocycles. The van der Waals surface area contributed by atoms with Crippen molar-refractivity contribution in [2.45, 2.75) is 19.9 Å². The van der Waals surface area contributed by atoms with Crippen LogP contribution in [0.4, 0.5) is 10.2 Å². The number of thiazole rings is 1. The van der Waals surface area contributed by atoms with Crippen molar-refractivity contribution in [3.8, 4) is 0 Å². The fourth-order valence-electron chi connectivity index (χ4n) is 1.56. The zero-order chi connectivity index (χ0) is 14.5. The van der Waals surface area contributed by atoms with E-state index >= 15 is 0 Å². The Morgan fingerprint density at radius 1 is 1.50 bits per heavy atom. The third-order valence-electron chi connectivity index (χ3n) is 2.62. The second-order valence-corrected chi connectivity index (χ2v) is 5.12. The number of amides is 1. The summed E-state index contributed by atoms with van der Waals surface area (Å²) in [5.41, 5.74) is 1.99. The number of nitrogens with two attached hydrogens (primary N) is 1. The second-order valence-electron chi connectivity index (χ2n) is 3.92. The summed E-state index contributed by atoms with van der Waals surface area (Å²) in [5, 5.41) is 3.40. The number of rotatable bonds is 5. The molecule has 20 heavy (non-hydrogen) atoms. The van der Waals surface area contributed by atoms with Crippen LogP contribution in [0.3, 0.4) is 0 Å². The largest absolute Gasteiger partial charge is 0.345 e. The Hall–Kier alpha value is -2.06. The summed E-state index contributed by atoms with van der Waals surface area (Å²) in [7, 11) is 0. The van der Waals surface area contributed by atoms with Crippen molar-refractivity contribution in [3.63, 3.8) is 0 Å². The number of nitrogen functional groups attached to an aromatic ring is 1. The predicted molar refractivity (Wildman–Crippen MR) is 74.7 cm³/mol. The highest BCUT2D eigenvalue weighted by molar-refractivity contribution is 7.11. The van der Waals surface area contributed by atoms with Gasteiger partial charge in [0.05, 0.1) is 12.1 Å². The van der Waals surface area contributed by atoms with Gasteiger partial charge >= 0.3 is 0 Å². The van der Waals surface area contributed by atoms with Gasteiger partial charge in [-0.15, -0.1) is 11.3 Å². The van der Waals surface area contributed by atoms with Crippen LogP contribution in [0.15, 0.2) is 18.5 Å². The van der Waals surface area contributed by atoms with Gasteiger partial charge in [-0.1, -0.05) is 6.92 Å². The van der Waals surface area contributed by atoms with Crippen molar-refractivity contribution in [1.82, 2.24) is 15.3 Å². The highest BCUT2D eigenvalue weighted by Gasteiger charge is 2.15. The number of pyridine rings is 1. The molecule has 1 amide bonds. The van der Waals surface area contributed by atoms with E-state index in [0.717, 1.165) is 16.3 Å². The Bertz CT molecular complexity index is 616. The molecule has 0 radical (unpaired) electrons. The first-order valence-electron chi connectivity index (χ1n) is 5.98. The summed E-state index contributed by atoms with van der Waals surface area (Å²) in [5.74, 6) is 3.63. The molecule has 8 heteroatoms. The van der Waals surface area contributed by atoms with E-state index in [-0.39, 0.29) is 17.9 Å². The standard InChI is InChI=1S/C12H14FN5OS/c1-2-7-5-16-9(20-7)6-17-12(19)8-3-4-15-11(18-14)10(8)13/h3-5H,2,6,14H2,1H3,(H,15,18)(H,17,19). The quantitative estimate of drug-likeness (QED) is 0.573. The van der Waals surface area contributed by atoms with Crippen molar-refractivity contribution < 1.29 is 9.18 Å². The van der Waals surface area contributed by atoms with E-state index in [1.165, 1.54) is 23.6 Å². The molecule has 4 N–H and O–H groups in total. The lowest BCUT2D eigenvalue weighted by Gasteiger charge is -2.06. The fraction of sp³-hybridized carbons (Fsp3) is 0.250. The van der Waals surface area contributed by atoms with Gasteiger partial charge in [0.1, 0.15) is 5.01 Å². The number of carbonyl (C=O) groups excluding carboxylic acids is 1. The van der Waals surface area contributed by atoms with Crippen molar-refractivity contribution in [2.24, 2.45) is 5.84 Å². The normalized spacial score (nSPS) is 10.3. The van der Waals surface area contributed by atoms with Gasteiger partial charge in [-0.25, -0.2) is 20.2 Å². The molecular formula is C12H14FN5OS. The molecule has 0 saturated carbocycles. The lowest BCUT2D eigenvalue weighted by atomic mass is 10.2. The molecule has 0 unspecified atom stereocenters. The first-order chi connectivity index (χ1) is 9.65. The maximum atomic E-state index is 13.8. The molecule has 0 fully saturated rings. The monoisotopic (exact) mass is 295 g/mol. The Balaban J connectivity index is 2.05. The minimum atomic E-state index is -0.777. The fourth-order valence-corrected chi connectivity index (χ4v) is 2.37. The summed E-state index contributed by atoms with van der Waals surface area (Å²) in [4.78, 5) is 20.9. The van der Waals surface area contributed by atoms with Gasteiger partial charge in [0.2, 0.25) is 0 Å². The van der Waals surface area contributed by atoms with Gasteiger partial charge in [0.25, 0.3) is 5.91 Å². The molecule has 106 valence electrons. The number of hydrazine groups is 1. The number of halogens is 1. The van der Waals surface area contributed by atoms with Crippen molar-refractivity contribution in [1.29, 1.82) is 0 Å². The zero-order valence-corrected chi connectivity index (χ0v) is 11.6. The topological polar surface area (TPSA) is 92.9 Å². The average molecular weight is 295 g/mol. The lowest BCUT2D eigenvalue weighted by Crippen LogP contribution is -2.24. The molecule has 2 aromatic rings. The molecule has 0 saturated heterocycles. The molecule has 0 bridgehead atoms. The van der Waals surface area contributed by atoms with E-state index in [1.54, 1.807) is 6.20 Å². The molecule has 2 rings (SSSR count). The summed E-state index contributed by atoms with van der Waals surface area (Å²) < 4.78 is 13.8. The third kappa shape index (κ3) is 3.09. The third-order valence-corrected chi connectivity index (χ3v) is 3.76. The number of hydrogen-bond acceptors (Lipinski definition) is 6. The summed E-state index contributed by atoms with van der Waals surface area (Å²) in [6.07, 6.45) is 3.98. The van der Waals surface area contributed by atoms with Gasteiger partial charge in [-0.05, 0) is 12.5 Å². The first kappa shape index (κ1) is 14.4. The zero-order valence-electron chi connectivity index (χ0n) is 10.8. The first-order valence-corrected chi connectivity index (χ1v) is 6.80. The highest BCUT2D eigenvalue weighted by atomic mass is 32.1. The number of nitrogens with one attached hydrogen (secondary N) is 2. The van der Waals surface area contributed by atoms with Crippen LogP contribution in [-0.4, -0.2) is 15.9 Å². The van der Waals surface area contributed by atoms with Crippen LogP contribution < -0.4 is 16.6 Å². The Labute approximate surface area is 119 Å². The van der Waals surface area contributed by atoms with Crippen LogP contribution in [0.25, 0.3) is 0 Å². The second kappa shape index (κ2) is 6.40.